The summed E-state index contributed by atoms with van der Waals surface area (Å²) < 4.78 is 8.20. The number of hydrogen-bond acceptors (Lipinski definition) is 10. The van der Waals surface area contributed by atoms with Crippen LogP contribution >= 0.6 is 23.1 Å². The normalized spacial score (nSPS) is 20.4. The molecular weight excluding hydrogens is 450 g/mol. The van der Waals surface area contributed by atoms with Crippen LogP contribution in [0.3, 0.4) is 0 Å². The van der Waals surface area contributed by atoms with Crippen molar-refractivity contribution in [1.82, 2.24) is 25.5 Å². The highest BCUT2D eigenvalue weighted by molar-refractivity contribution is 7.98. The molecule has 3 aliphatic rings. The summed E-state index contributed by atoms with van der Waals surface area (Å²) in [5.41, 5.74) is 6.90. The molecule has 32 heavy (non-hydrogen) atoms. The molecule has 0 radical (unpaired) electrons. The van der Waals surface area contributed by atoms with E-state index in [9.17, 15) is 10.1 Å². The SMILES string of the molecule is CC1(C)Cc2c(sc3c2C2NCNN2c2nnc(SCc4ccc([N+](=O)[O-])cc4)n2-3)CO1. The molecule has 0 aliphatic carbocycles. The first-order valence-corrected chi connectivity index (χ1v) is 12.1. The van der Waals surface area contributed by atoms with E-state index in [4.69, 9.17) is 4.74 Å². The molecule has 10 nitrogen and oxygen atoms in total. The lowest BCUT2D eigenvalue weighted by molar-refractivity contribution is -0.384. The zero-order valence-corrected chi connectivity index (χ0v) is 19.1. The van der Waals surface area contributed by atoms with Crippen LogP contribution in [0.5, 0.6) is 0 Å². The maximum atomic E-state index is 10.9. The first-order valence-electron chi connectivity index (χ1n) is 10.3. The number of aromatic nitrogens is 3. The number of anilines is 1. The molecule has 1 aromatic carbocycles. The van der Waals surface area contributed by atoms with Gasteiger partial charge in [0.25, 0.3) is 5.69 Å². The standard InChI is InChI=1S/C20H21N7O3S2/c1-20(2)7-13-14(8-30-20)32-17-15(13)16-21-10-22-26(16)18-23-24-19(25(17)18)31-9-11-3-5-12(6-4-11)27(28)29/h3-6,16,21-22H,7-10H2,1-2H3. The van der Waals surface area contributed by atoms with Crippen LogP contribution in [0.25, 0.3) is 5.00 Å². The molecule has 1 saturated heterocycles. The van der Waals surface area contributed by atoms with E-state index in [1.807, 2.05) is 0 Å². The molecule has 2 N–H and O–H groups in total. The summed E-state index contributed by atoms with van der Waals surface area (Å²) in [5, 5.41) is 27.4. The highest BCUT2D eigenvalue weighted by atomic mass is 32.2. The van der Waals surface area contributed by atoms with Crippen molar-refractivity contribution >= 4 is 34.7 Å². The predicted octanol–water partition coefficient (Wildman–Crippen LogP) is 3.26. The van der Waals surface area contributed by atoms with E-state index in [1.54, 1.807) is 35.2 Å². The number of ether oxygens (including phenoxy) is 1. The van der Waals surface area contributed by atoms with Gasteiger partial charge in [-0.25, -0.2) is 9.99 Å². The smallest absolute Gasteiger partial charge is 0.269 e. The Labute approximate surface area is 192 Å². The molecule has 5 heterocycles. The fourth-order valence-electron chi connectivity index (χ4n) is 4.39. The van der Waals surface area contributed by atoms with Crippen LogP contribution in [0, 0.1) is 10.1 Å². The van der Waals surface area contributed by atoms with Crippen LogP contribution in [0.1, 0.15) is 41.6 Å². The average Bonchev–Trinajstić information content (AvgIpc) is 3.47. The minimum Gasteiger partial charge on any atom is -0.370 e. The van der Waals surface area contributed by atoms with Gasteiger partial charge in [-0.2, -0.15) is 0 Å². The molecule has 6 rings (SSSR count). The molecule has 1 unspecified atom stereocenters. The summed E-state index contributed by atoms with van der Waals surface area (Å²) >= 11 is 3.32. The summed E-state index contributed by atoms with van der Waals surface area (Å²) in [7, 11) is 0. The van der Waals surface area contributed by atoms with Gasteiger partial charge in [0.15, 0.2) is 5.16 Å². The third kappa shape index (κ3) is 3.13. The molecule has 0 bridgehead atoms. The Morgan fingerprint density at radius 1 is 1.34 bits per heavy atom. The molecule has 3 aromatic rings. The number of non-ortho nitro benzene ring substituents is 1. The second kappa shape index (κ2) is 7.25. The Hall–Kier alpha value is -2.51. The third-order valence-electron chi connectivity index (χ3n) is 5.93. The molecule has 0 amide bonds. The summed E-state index contributed by atoms with van der Waals surface area (Å²) in [6.45, 7) is 5.54. The van der Waals surface area contributed by atoms with E-state index in [1.165, 1.54) is 28.1 Å². The Bertz CT molecular complexity index is 1220. The van der Waals surface area contributed by atoms with E-state index in [0.29, 0.717) is 19.0 Å². The number of rotatable bonds is 4. The summed E-state index contributed by atoms with van der Waals surface area (Å²) in [6, 6.07) is 6.64. The number of fused-ring (bicyclic) bond motifs is 8. The van der Waals surface area contributed by atoms with Crippen molar-refractivity contribution in [1.29, 1.82) is 0 Å². The molecule has 2 aromatic heterocycles. The van der Waals surface area contributed by atoms with Crippen molar-refractivity contribution in [3.63, 3.8) is 0 Å². The molecule has 0 saturated carbocycles. The zero-order valence-electron chi connectivity index (χ0n) is 17.5. The number of benzene rings is 1. The van der Waals surface area contributed by atoms with Gasteiger partial charge in [0.1, 0.15) is 11.2 Å². The Morgan fingerprint density at radius 2 is 2.16 bits per heavy atom. The van der Waals surface area contributed by atoms with Crippen molar-refractivity contribution in [2.24, 2.45) is 0 Å². The molecule has 1 fully saturated rings. The van der Waals surface area contributed by atoms with Crippen LogP contribution in [0.2, 0.25) is 0 Å². The Balaban J connectivity index is 1.37. The summed E-state index contributed by atoms with van der Waals surface area (Å²) in [5.74, 6) is 1.40. The number of hydrogen-bond donors (Lipinski definition) is 2. The summed E-state index contributed by atoms with van der Waals surface area (Å²) in [4.78, 5) is 11.8. The number of nitrogens with zero attached hydrogens (tertiary/aromatic N) is 5. The maximum absolute atomic E-state index is 10.9. The minimum atomic E-state index is -0.385. The van der Waals surface area contributed by atoms with Gasteiger partial charge in [-0.15, -0.1) is 21.5 Å². The average molecular weight is 472 g/mol. The van der Waals surface area contributed by atoms with E-state index in [-0.39, 0.29) is 22.4 Å². The molecule has 12 heteroatoms. The van der Waals surface area contributed by atoms with Gasteiger partial charge in [0.2, 0.25) is 5.95 Å². The number of nitrogens with one attached hydrogen (secondary N) is 2. The van der Waals surface area contributed by atoms with E-state index in [2.05, 4.69) is 44.4 Å². The van der Waals surface area contributed by atoms with Crippen molar-refractivity contribution in [2.45, 2.75) is 49.6 Å². The van der Waals surface area contributed by atoms with E-state index < -0.39 is 0 Å². The van der Waals surface area contributed by atoms with Gasteiger partial charge in [0.05, 0.1) is 23.8 Å². The first kappa shape index (κ1) is 20.1. The fraction of sp³-hybridized carbons (Fsp3) is 0.400. The summed E-state index contributed by atoms with van der Waals surface area (Å²) in [6.07, 6.45) is 0.881. The number of thiophene rings is 1. The topological polar surface area (TPSA) is 110 Å². The number of nitro benzene ring substituents is 1. The second-order valence-corrected chi connectivity index (χ2v) is 10.6. The molecular formula is C20H21N7O3S2. The zero-order chi connectivity index (χ0) is 22.0. The van der Waals surface area contributed by atoms with Gasteiger partial charge >= 0.3 is 0 Å². The second-order valence-electron chi connectivity index (χ2n) is 8.59. The lowest BCUT2D eigenvalue weighted by atomic mass is 9.92. The highest BCUT2D eigenvalue weighted by Gasteiger charge is 2.43. The van der Waals surface area contributed by atoms with Gasteiger partial charge in [0, 0.05) is 34.7 Å². The minimum absolute atomic E-state index is 0.0168. The van der Waals surface area contributed by atoms with Gasteiger partial charge in [-0.05, 0) is 25.0 Å². The lowest BCUT2D eigenvalue weighted by Crippen LogP contribution is -2.40. The van der Waals surface area contributed by atoms with Crippen LogP contribution in [-0.2, 0) is 23.5 Å². The fourth-order valence-corrected chi connectivity index (χ4v) is 6.59. The predicted molar refractivity (Wildman–Crippen MR) is 121 cm³/mol. The monoisotopic (exact) mass is 471 g/mol. The van der Waals surface area contributed by atoms with Crippen LogP contribution in [-0.4, -0.2) is 32.0 Å². The Kier molecular flexibility index (Phi) is 4.56. The number of nitro groups is 1. The van der Waals surface area contributed by atoms with Gasteiger partial charge in [-0.1, -0.05) is 23.9 Å². The first-order chi connectivity index (χ1) is 15.4. The maximum Gasteiger partial charge on any atom is 0.269 e. The largest absolute Gasteiger partial charge is 0.370 e. The highest BCUT2D eigenvalue weighted by Crippen LogP contribution is 2.48. The van der Waals surface area contributed by atoms with E-state index in [0.717, 1.165) is 28.1 Å². The molecule has 3 aliphatic heterocycles. The lowest BCUT2D eigenvalue weighted by Gasteiger charge is -2.34. The van der Waals surface area contributed by atoms with Gasteiger partial charge < -0.3 is 4.74 Å². The molecule has 166 valence electrons. The third-order valence-corrected chi connectivity index (χ3v) is 8.14. The van der Waals surface area contributed by atoms with Crippen molar-refractivity contribution < 1.29 is 9.66 Å². The van der Waals surface area contributed by atoms with Crippen LogP contribution in [0.4, 0.5) is 11.6 Å². The molecule has 0 spiro atoms. The van der Waals surface area contributed by atoms with Crippen molar-refractivity contribution in [3.8, 4) is 5.00 Å². The van der Waals surface area contributed by atoms with Gasteiger partial charge in [-0.3, -0.25) is 20.4 Å². The van der Waals surface area contributed by atoms with Crippen LogP contribution < -0.4 is 15.8 Å². The van der Waals surface area contributed by atoms with Crippen LogP contribution in [0.15, 0.2) is 29.4 Å². The van der Waals surface area contributed by atoms with Crippen molar-refractivity contribution in [2.75, 3.05) is 11.7 Å². The number of thioether (sulfide) groups is 1. The number of hydrazine groups is 1. The molecule has 1 atom stereocenters. The van der Waals surface area contributed by atoms with E-state index >= 15 is 0 Å². The Morgan fingerprint density at radius 3 is 2.94 bits per heavy atom. The quantitative estimate of drug-likeness (QED) is 0.336. The van der Waals surface area contributed by atoms with Crippen molar-refractivity contribution in [3.05, 3.63) is 55.9 Å².